The molecule has 0 spiro atoms. The van der Waals surface area contributed by atoms with Crippen molar-refractivity contribution < 1.29 is 0 Å². The first kappa shape index (κ1) is 12.3. The molecule has 1 saturated carbocycles. The molecule has 1 N–H and O–H groups in total. The summed E-state index contributed by atoms with van der Waals surface area (Å²) in [6, 6.07) is 0.573. The van der Waals surface area contributed by atoms with Crippen LogP contribution in [-0.2, 0) is 6.54 Å². The molecule has 0 aromatic carbocycles. The Hall–Kier alpha value is -1.16. The molecule has 17 heavy (non-hydrogen) atoms. The first-order valence-corrected chi connectivity index (χ1v) is 6.46. The lowest BCUT2D eigenvalue weighted by molar-refractivity contribution is 0.602. The second-order valence-corrected chi connectivity index (χ2v) is 4.84. The predicted molar refractivity (Wildman–Crippen MR) is 70.0 cm³/mol. The second-order valence-electron chi connectivity index (χ2n) is 4.84. The van der Waals surface area contributed by atoms with Crippen molar-refractivity contribution in [3.63, 3.8) is 0 Å². The van der Waals surface area contributed by atoms with Crippen LogP contribution in [0.15, 0.2) is 12.4 Å². The highest BCUT2D eigenvalue weighted by atomic mass is 15.2. The lowest BCUT2D eigenvalue weighted by atomic mass is 10.2. The van der Waals surface area contributed by atoms with Gasteiger partial charge in [-0.2, -0.15) is 0 Å². The van der Waals surface area contributed by atoms with E-state index < -0.39 is 0 Å². The third-order valence-corrected chi connectivity index (χ3v) is 3.52. The standard InChI is InChI=1S/C13H22N4/c1-4-14-7-12-8-16-13(9-15-12)17(3)10(2)11-5-6-11/h8-11,14H,4-7H2,1-3H3. The van der Waals surface area contributed by atoms with Gasteiger partial charge >= 0.3 is 0 Å². The first-order valence-electron chi connectivity index (χ1n) is 6.46. The van der Waals surface area contributed by atoms with Gasteiger partial charge in [-0.1, -0.05) is 6.92 Å². The van der Waals surface area contributed by atoms with Gasteiger partial charge in [-0.3, -0.25) is 4.98 Å². The van der Waals surface area contributed by atoms with Crippen molar-refractivity contribution in [1.82, 2.24) is 15.3 Å². The fraction of sp³-hybridized carbons (Fsp3) is 0.692. The van der Waals surface area contributed by atoms with Crippen molar-refractivity contribution >= 4 is 5.82 Å². The van der Waals surface area contributed by atoms with E-state index in [1.807, 2.05) is 12.4 Å². The third-order valence-electron chi connectivity index (χ3n) is 3.52. The van der Waals surface area contributed by atoms with E-state index in [0.717, 1.165) is 30.5 Å². The van der Waals surface area contributed by atoms with Gasteiger partial charge in [0.15, 0.2) is 0 Å². The van der Waals surface area contributed by atoms with Crippen LogP contribution in [0, 0.1) is 5.92 Å². The zero-order chi connectivity index (χ0) is 12.3. The minimum Gasteiger partial charge on any atom is -0.355 e. The van der Waals surface area contributed by atoms with E-state index in [-0.39, 0.29) is 0 Å². The summed E-state index contributed by atoms with van der Waals surface area (Å²) in [7, 11) is 2.11. The van der Waals surface area contributed by atoms with Gasteiger partial charge in [0.1, 0.15) is 5.82 Å². The second kappa shape index (κ2) is 5.45. The van der Waals surface area contributed by atoms with Crippen molar-refractivity contribution in [2.75, 3.05) is 18.5 Å². The van der Waals surface area contributed by atoms with Gasteiger partial charge in [0.25, 0.3) is 0 Å². The predicted octanol–water partition coefficient (Wildman–Crippen LogP) is 1.82. The Labute approximate surface area is 103 Å². The molecule has 0 bridgehead atoms. The summed E-state index contributed by atoms with van der Waals surface area (Å²) in [4.78, 5) is 11.2. The van der Waals surface area contributed by atoms with Crippen molar-refractivity contribution in [1.29, 1.82) is 0 Å². The van der Waals surface area contributed by atoms with Crippen molar-refractivity contribution in [3.05, 3.63) is 18.1 Å². The van der Waals surface area contributed by atoms with E-state index in [2.05, 4.69) is 41.1 Å². The smallest absolute Gasteiger partial charge is 0.147 e. The van der Waals surface area contributed by atoms with Crippen LogP contribution in [0.2, 0.25) is 0 Å². The molecule has 1 aliphatic carbocycles. The van der Waals surface area contributed by atoms with Crippen LogP contribution in [0.25, 0.3) is 0 Å². The van der Waals surface area contributed by atoms with Gasteiger partial charge in [0, 0.05) is 19.6 Å². The quantitative estimate of drug-likeness (QED) is 0.815. The van der Waals surface area contributed by atoms with Crippen LogP contribution in [0.5, 0.6) is 0 Å². The van der Waals surface area contributed by atoms with Gasteiger partial charge in [0.2, 0.25) is 0 Å². The number of hydrogen-bond donors (Lipinski definition) is 1. The molecule has 1 aliphatic rings. The van der Waals surface area contributed by atoms with E-state index in [0.29, 0.717) is 6.04 Å². The zero-order valence-corrected chi connectivity index (χ0v) is 11.0. The maximum Gasteiger partial charge on any atom is 0.147 e. The van der Waals surface area contributed by atoms with Crippen LogP contribution < -0.4 is 10.2 Å². The lowest BCUT2D eigenvalue weighted by Crippen LogP contribution is -2.31. The van der Waals surface area contributed by atoms with Crippen LogP contribution >= 0.6 is 0 Å². The van der Waals surface area contributed by atoms with Crippen LogP contribution in [0.4, 0.5) is 5.82 Å². The van der Waals surface area contributed by atoms with Crippen LogP contribution in [-0.4, -0.2) is 29.6 Å². The summed E-state index contributed by atoms with van der Waals surface area (Å²) in [5.41, 5.74) is 1.00. The lowest BCUT2D eigenvalue weighted by Gasteiger charge is -2.25. The summed E-state index contributed by atoms with van der Waals surface area (Å²) in [6.45, 7) is 6.12. The molecule has 0 radical (unpaired) electrons. The van der Waals surface area contributed by atoms with Crippen molar-refractivity contribution in [2.24, 2.45) is 5.92 Å². The molecule has 94 valence electrons. The molecule has 0 amide bonds. The Morgan fingerprint density at radius 3 is 2.71 bits per heavy atom. The highest BCUT2D eigenvalue weighted by molar-refractivity contribution is 5.36. The largest absolute Gasteiger partial charge is 0.355 e. The summed E-state index contributed by atoms with van der Waals surface area (Å²) >= 11 is 0. The molecular formula is C13H22N4. The van der Waals surface area contributed by atoms with Crippen LogP contribution in [0.3, 0.4) is 0 Å². The van der Waals surface area contributed by atoms with E-state index in [1.165, 1.54) is 12.8 Å². The number of aromatic nitrogens is 2. The fourth-order valence-electron chi connectivity index (χ4n) is 1.98. The number of nitrogens with zero attached hydrogens (tertiary/aromatic N) is 3. The average molecular weight is 234 g/mol. The molecule has 0 aliphatic heterocycles. The number of anilines is 1. The molecule has 4 heteroatoms. The molecule has 4 nitrogen and oxygen atoms in total. The summed E-state index contributed by atoms with van der Waals surface area (Å²) < 4.78 is 0. The molecule has 1 aromatic rings. The zero-order valence-electron chi connectivity index (χ0n) is 11.0. The molecule has 2 rings (SSSR count). The summed E-state index contributed by atoms with van der Waals surface area (Å²) in [5.74, 6) is 1.83. The third kappa shape index (κ3) is 3.16. The first-order chi connectivity index (χ1) is 8.22. The number of hydrogen-bond acceptors (Lipinski definition) is 4. The van der Waals surface area contributed by atoms with E-state index in [1.54, 1.807) is 0 Å². The van der Waals surface area contributed by atoms with E-state index in [9.17, 15) is 0 Å². The molecule has 1 unspecified atom stereocenters. The molecule has 1 atom stereocenters. The van der Waals surface area contributed by atoms with Gasteiger partial charge in [-0.15, -0.1) is 0 Å². The molecule has 1 heterocycles. The van der Waals surface area contributed by atoms with Gasteiger partial charge in [-0.25, -0.2) is 4.98 Å². The molecule has 0 saturated heterocycles. The average Bonchev–Trinajstić information content (AvgIpc) is 3.19. The Morgan fingerprint density at radius 1 is 1.41 bits per heavy atom. The van der Waals surface area contributed by atoms with Crippen molar-refractivity contribution in [2.45, 2.75) is 39.3 Å². The van der Waals surface area contributed by atoms with Gasteiger partial charge < -0.3 is 10.2 Å². The molecule has 1 fully saturated rings. The maximum atomic E-state index is 4.49. The summed E-state index contributed by atoms with van der Waals surface area (Å²) in [6.07, 6.45) is 6.47. The molecule has 1 aromatic heterocycles. The number of rotatable bonds is 6. The van der Waals surface area contributed by atoms with Gasteiger partial charge in [-0.05, 0) is 32.2 Å². The van der Waals surface area contributed by atoms with E-state index >= 15 is 0 Å². The number of nitrogens with one attached hydrogen (secondary N) is 1. The van der Waals surface area contributed by atoms with Crippen LogP contribution in [0.1, 0.15) is 32.4 Å². The normalized spacial score (nSPS) is 16.9. The van der Waals surface area contributed by atoms with Crippen molar-refractivity contribution in [3.8, 4) is 0 Å². The highest BCUT2D eigenvalue weighted by Gasteiger charge is 2.31. The Kier molecular flexibility index (Phi) is 3.94. The summed E-state index contributed by atoms with van der Waals surface area (Å²) in [5, 5.41) is 3.25. The highest BCUT2D eigenvalue weighted by Crippen LogP contribution is 2.35. The Balaban J connectivity index is 1.96. The van der Waals surface area contributed by atoms with Gasteiger partial charge in [0.05, 0.1) is 18.1 Å². The minimum absolute atomic E-state index is 0.573. The maximum absolute atomic E-state index is 4.49. The topological polar surface area (TPSA) is 41.1 Å². The Morgan fingerprint density at radius 2 is 2.18 bits per heavy atom. The minimum atomic E-state index is 0.573. The monoisotopic (exact) mass is 234 g/mol. The SMILES string of the molecule is CCNCc1cnc(N(C)C(C)C2CC2)cn1. The Bertz CT molecular complexity index is 345. The fourth-order valence-corrected chi connectivity index (χ4v) is 1.98. The van der Waals surface area contributed by atoms with E-state index in [4.69, 9.17) is 0 Å². The molecular weight excluding hydrogens is 212 g/mol.